The van der Waals surface area contributed by atoms with Gasteiger partial charge in [-0.05, 0) is 37.7 Å². The van der Waals surface area contributed by atoms with Gasteiger partial charge in [-0.3, -0.25) is 14.6 Å². The first kappa shape index (κ1) is 19.5. The highest BCUT2D eigenvalue weighted by Gasteiger charge is 2.18. The van der Waals surface area contributed by atoms with E-state index in [2.05, 4.69) is 9.88 Å². The molecule has 0 radical (unpaired) electrons. The molecule has 0 spiro atoms. The average Bonchev–Trinajstić information content (AvgIpc) is 3.06. The van der Waals surface area contributed by atoms with Crippen LogP contribution in [0.2, 0.25) is 5.02 Å². The molecule has 2 aromatic carbocycles. The number of benzene rings is 2. The Morgan fingerprint density at radius 1 is 1.11 bits per heavy atom. The van der Waals surface area contributed by atoms with E-state index in [4.69, 9.17) is 11.6 Å². The van der Waals surface area contributed by atoms with Crippen molar-refractivity contribution in [1.82, 2.24) is 9.88 Å². The summed E-state index contributed by atoms with van der Waals surface area (Å²) < 4.78 is 0. The lowest BCUT2D eigenvalue weighted by Crippen LogP contribution is -2.23. The van der Waals surface area contributed by atoms with Gasteiger partial charge in [0.1, 0.15) is 0 Å². The lowest BCUT2D eigenvalue weighted by atomic mass is 10.2. The van der Waals surface area contributed by atoms with Gasteiger partial charge in [0.25, 0.3) is 0 Å². The zero-order valence-corrected chi connectivity index (χ0v) is 17.2. The molecule has 6 heteroatoms. The summed E-state index contributed by atoms with van der Waals surface area (Å²) in [4.78, 5) is 20.7. The summed E-state index contributed by atoms with van der Waals surface area (Å²) in [6.07, 6.45) is 0. The van der Waals surface area contributed by atoms with Crippen molar-refractivity contribution in [1.29, 1.82) is 0 Å². The molecule has 1 aromatic heterocycles. The molecular weight excluding hydrogens is 378 g/mol. The smallest absolute Gasteiger partial charge is 0.230 e. The number of amides is 1. The van der Waals surface area contributed by atoms with Crippen LogP contribution >= 0.6 is 22.9 Å². The van der Waals surface area contributed by atoms with Gasteiger partial charge in [-0.15, -0.1) is 11.3 Å². The van der Waals surface area contributed by atoms with Gasteiger partial charge >= 0.3 is 0 Å². The molecule has 3 aromatic rings. The fourth-order valence-electron chi connectivity index (χ4n) is 2.84. The van der Waals surface area contributed by atoms with E-state index in [0.29, 0.717) is 11.7 Å². The number of halogens is 1. The van der Waals surface area contributed by atoms with Crippen LogP contribution in [0.4, 0.5) is 10.8 Å². The molecule has 0 unspecified atom stereocenters. The Bertz CT molecular complexity index is 923. The van der Waals surface area contributed by atoms with Gasteiger partial charge in [0.15, 0.2) is 5.13 Å². The van der Waals surface area contributed by atoms with Gasteiger partial charge in [0.05, 0.1) is 11.4 Å². The number of nitrogens with zero attached hydrogens (tertiary/aromatic N) is 3. The number of carbonyl (C=O) groups excluding carboxylic acids is 1. The van der Waals surface area contributed by atoms with Gasteiger partial charge in [-0.25, -0.2) is 4.98 Å². The minimum Gasteiger partial charge on any atom is -0.296 e. The summed E-state index contributed by atoms with van der Waals surface area (Å²) in [5.41, 5.74) is 4.01. The highest BCUT2D eigenvalue weighted by molar-refractivity contribution is 7.14. The van der Waals surface area contributed by atoms with Gasteiger partial charge in [0, 0.05) is 30.4 Å². The molecule has 0 aliphatic heterocycles. The Hall–Kier alpha value is -2.21. The monoisotopic (exact) mass is 399 g/mol. The molecule has 0 bridgehead atoms. The number of anilines is 2. The Labute approximate surface area is 169 Å². The molecular formula is C21H22ClN3OS. The summed E-state index contributed by atoms with van der Waals surface area (Å²) in [6, 6.07) is 15.7. The lowest BCUT2D eigenvalue weighted by molar-refractivity contribution is -0.115. The second-order valence-electron chi connectivity index (χ2n) is 6.58. The van der Waals surface area contributed by atoms with Crippen LogP contribution in [0.1, 0.15) is 23.7 Å². The van der Waals surface area contributed by atoms with Crippen LogP contribution in [-0.4, -0.2) is 22.8 Å². The molecule has 4 nitrogen and oxygen atoms in total. The maximum atomic E-state index is 12.2. The Morgan fingerprint density at radius 3 is 2.48 bits per heavy atom. The normalized spacial score (nSPS) is 11.0. The van der Waals surface area contributed by atoms with E-state index in [9.17, 15) is 4.79 Å². The summed E-state index contributed by atoms with van der Waals surface area (Å²) in [6.45, 7) is 5.00. The zero-order valence-electron chi connectivity index (χ0n) is 15.6. The van der Waals surface area contributed by atoms with E-state index < -0.39 is 0 Å². The van der Waals surface area contributed by atoms with Gasteiger partial charge < -0.3 is 0 Å². The zero-order chi connectivity index (χ0) is 19.4. The number of hydrogen-bond donors (Lipinski definition) is 0. The fourth-order valence-corrected chi connectivity index (χ4v) is 3.92. The summed E-state index contributed by atoms with van der Waals surface area (Å²) >= 11 is 7.72. The lowest BCUT2D eigenvalue weighted by Gasteiger charge is -2.18. The van der Waals surface area contributed by atoms with Crippen molar-refractivity contribution < 1.29 is 4.79 Å². The molecule has 0 atom stereocenters. The van der Waals surface area contributed by atoms with Crippen LogP contribution in [-0.2, 0) is 17.9 Å². The fraction of sp³-hybridized carbons (Fsp3) is 0.238. The number of rotatable bonds is 6. The molecule has 0 saturated carbocycles. The van der Waals surface area contributed by atoms with Crippen LogP contribution in [0.5, 0.6) is 0 Å². The van der Waals surface area contributed by atoms with Crippen LogP contribution < -0.4 is 4.90 Å². The van der Waals surface area contributed by atoms with E-state index in [1.807, 2.05) is 67.9 Å². The molecule has 0 saturated heterocycles. The van der Waals surface area contributed by atoms with Crippen molar-refractivity contribution >= 4 is 39.7 Å². The first-order valence-corrected chi connectivity index (χ1v) is 9.93. The van der Waals surface area contributed by atoms with Crippen molar-refractivity contribution in [2.75, 3.05) is 11.9 Å². The number of carbonyl (C=O) groups is 1. The average molecular weight is 400 g/mol. The van der Waals surface area contributed by atoms with Crippen LogP contribution in [0, 0.1) is 6.92 Å². The highest BCUT2D eigenvalue weighted by atomic mass is 35.5. The number of hydrogen-bond acceptors (Lipinski definition) is 4. The van der Waals surface area contributed by atoms with Crippen molar-refractivity contribution in [3.63, 3.8) is 0 Å². The Balaban J connectivity index is 1.73. The first-order chi connectivity index (χ1) is 12.9. The van der Waals surface area contributed by atoms with Crippen molar-refractivity contribution in [2.24, 2.45) is 0 Å². The van der Waals surface area contributed by atoms with Crippen LogP contribution in [0.15, 0.2) is 53.9 Å². The number of thiazole rings is 1. The number of aryl methyl sites for hydroxylation is 1. The van der Waals surface area contributed by atoms with Gasteiger partial charge in [0.2, 0.25) is 5.91 Å². The second-order valence-corrected chi connectivity index (χ2v) is 7.82. The van der Waals surface area contributed by atoms with Crippen molar-refractivity contribution in [3.8, 4) is 0 Å². The Kier molecular flexibility index (Phi) is 6.26. The molecule has 0 fully saturated rings. The third-order valence-electron chi connectivity index (χ3n) is 4.17. The van der Waals surface area contributed by atoms with E-state index >= 15 is 0 Å². The summed E-state index contributed by atoms with van der Waals surface area (Å²) in [5, 5.41) is 3.46. The Morgan fingerprint density at radius 2 is 1.81 bits per heavy atom. The van der Waals surface area contributed by atoms with Crippen LogP contribution in [0.25, 0.3) is 0 Å². The molecule has 0 aliphatic rings. The molecule has 0 aliphatic carbocycles. The molecule has 3 rings (SSSR count). The predicted octanol–water partition coefficient (Wildman–Crippen LogP) is 5.42. The van der Waals surface area contributed by atoms with E-state index in [1.54, 1.807) is 11.8 Å². The molecule has 1 amide bonds. The molecule has 140 valence electrons. The third kappa shape index (κ3) is 4.95. The van der Waals surface area contributed by atoms with E-state index in [1.165, 1.54) is 11.3 Å². The highest BCUT2D eigenvalue weighted by Crippen LogP contribution is 2.29. The number of aromatic nitrogens is 1. The van der Waals surface area contributed by atoms with Crippen molar-refractivity contribution in [2.45, 2.75) is 26.9 Å². The minimum absolute atomic E-state index is 0.0517. The quantitative estimate of drug-likeness (QED) is 0.555. The first-order valence-electron chi connectivity index (χ1n) is 8.68. The van der Waals surface area contributed by atoms with E-state index in [0.717, 1.165) is 34.1 Å². The standard InChI is InChI=1S/C21H22ClN3OS/c1-15-8-10-19(11-9-15)25(16(2)26)21-23-18(14-27-21)13-24(3)12-17-6-4-5-7-20(17)22/h4-11,14H,12-13H2,1-3H3. The maximum Gasteiger partial charge on any atom is 0.230 e. The molecule has 1 heterocycles. The summed E-state index contributed by atoms with van der Waals surface area (Å²) in [7, 11) is 2.03. The van der Waals surface area contributed by atoms with E-state index in [-0.39, 0.29) is 5.91 Å². The largest absolute Gasteiger partial charge is 0.296 e. The third-order valence-corrected chi connectivity index (χ3v) is 5.41. The molecule has 0 N–H and O–H groups in total. The van der Waals surface area contributed by atoms with Gasteiger partial charge in [-0.2, -0.15) is 0 Å². The second kappa shape index (κ2) is 8.65. The topological polar surface area (TPSA) is 36.4 Å². The SMILES string of the molecule is CC(=O)N(c1ccc(C)cc1)c1nc(CN(C)Cc2ccccc2Cl)cs1. The van der Waals surface area contributed by atoms with Gasteiger partial charge in [-0.1, -0.05) is 47.5 Å². The maximum absolute atomic E-state index is 12.2. The van der Waals surface area contributed by atoms with Crippen LogP contribution in [0.3, 0.4) is 0 Å². The summed E-state index contributed by atoms with van der Waals surface area (Å²) in [5.74, 6) is -0.0517. The minimum atomic E-state index is -0.0517. The predicted molar refractivity (Wildman–Crippen MR) is 113 cm³/mol. The molecule has 27 heavy (non-hydrogen) atoms. The van der Waals surface area contributed by atoms with Crippen molar-refractivity contribution in [3.05, 3.63) is 75.8 Å².